The van der Waals surface area contributed by atoms with Gasteiger partial charge < -0.3 is 14.6 Å². The van der Waals surface area contributed by atoms with Gasteiger partial charge in [-0.2, -0.15) is 4.98 Å². The van der Waals surface area contributed by atoms with E-state index >= 15 is 0 Å². The maximum atomic E-state index is 13.2. The summed E-state index contributed by atoms with van der Waals surface area (Å²) >= 11 is 0. The van der Waals surface area contributed by atoms with Gasteiger partial charge in [-0.15, -0.1) is 0 Å². The van der Waals surface area contributed by atoms with E-state index in [0.717, 1.165) is 11.3 Å². The molecule has 2 aromatic carbocycles. The molecule has 0 bridgehead atoms. The first-order valence-electron chi connectivity index (χ1n) is 7.61. The van der Waals surface area contributed by atoms with Gasteiger partial charge in [0.05, 0.1) is 7.11 Å². The Bertz CT molecular complexity index is 877. The number of rotatable bonds is 5. The van der Waals surface area contributed by atoms with Gasteiger partial charge in [0.15, 0.2) is 0 Å². The van der Waals surface area contributed by atoms with Crippen molar-refractivity contribution in [3.8, 4) is 17.1 Å². The summed E-state index contributed by atoms with van der Waals surface area (Å²) in [5, 5.41) is 6.62. The van der Waals surface area contributed by atoms with Crippen LogP contribution in [0.25, 0.3) is 11.4 Å². The van der Waals surface area contributed by atoms with Crippen molar-refractivity contribution in [1.82, 2.24) is 15.5 Å². The lowest BCUT2D eigenvalue weighted by Crippen LogP contribution is -2.26. The summed E-state index contributed by atoms with van der Waals surface area (Å²) in [6, 6.07) is 12.1. The minimum Gasteiger partial charge on any atom is -0.497 e. The lowest BCUT2D eigenvalue weighted by Gasteiger charge is -2.09. The fourth-order valence-corrected chi connectivity index (χ4v) is 2.24. The molecule has 0 spiro atoms. The Kier molecular flexibility index (Phi) is 4.74. The van der Waals surface area contributed by atoms with E-state index in [4.69, 9.17) is 9.26 Å². The molecule has 1 atom stereocenters. The highest BCUT2D eigenvalue weighted by atomic mass is 19.1. The van der Waals surface area contributed by atoms with Gasteiger partial charge in [-0.05, 0) is 49.4 Å². The third kappa shape index (κ3) is 3.82. The largest absolute Gasteiger partial charge is 0.497 e. The lowest BCUT2D eigenvalue weighted by atomic mass is 10.2. The number of carbonyl (C=O) groups is 1. The summed E-state index contributed by atoms with van der Waals surface area (Å²) in [4.78, 5) is 16.4. The quantitative estimate of drug-likeness (QED) is 0.770. The predicted molar refractivity (Wildman–Crippen MR) is 88.6 cm³/mol. The second kappa shape index (κ2) is 7.12. The monoisotopic (exact) mass is 341 g/mol. The highest BCUT2D eigenvalue weighted by Crippen LogP contribution is 2.21. The average Bonchev–Trinajstić information content (AvgIpc) is 3.12. The van der Waals surface area contributed by atoms with E-state index in [-0.39, 0.29) is 11.5 Å². The molecule has 1 N–H and O–H groups in total. The van der Waals surface area contributed by atoms with Gasteiger partial charge in [0.1, 0.15) is 17.6 Å². The molecule has 0 aliphatic rings. The van der Waals surface area contributed by atoms with E-state index in [1.165, 1.54) is 24.3 Å². The number of aromatic nitrogens is 2. The Hall–Kier alpha value is -3.22. The summed E-state index contributed by atoms with van der Waals surface area (Å²) in [5.41, 5.74) is 0.987. The van der Waals surface area contributed by atoms with Gasteiger partial charge in [-0.1, -0.05) is 11.2 Å². The molecule has 1 heterocycles. The molecule has 0 saturated heterocycles. The van der Waals surface area contributed by atoms with Crippen LogP contribution in [0.1, 0.15) is 29.2 Å². The molecule has 0 radical (unpaired) electrons. The molecule has 1 aromatic heterocycles. The summed E-state index contributed by atoms with van der Waals surface area (Å²) in [6.45, 7) is 1.71. The van der Waals surface area contributed by atoms with Gasteiger partial charge in [0, 0.05) is 11.1 Å². The lowest BCUT2D eigenvalue weighted by molar-refractivity contribution is 0.0932. The Morgan fingerprint density at radius 2 is 2.00 bits per heavy atom. The first-order chi connectivity index (χ1) is 12.1. The zero-order chi connectivity index (χ0) is 17.8. The second-order valence-corrected chi connectivity index (χ2v) is 5.39. The Morgan fingerprint density at radius 1 is 1.24 bits per heavy atom. The SMILES string of the molecule is COc1ccc(-c2noc(C(C)NC(=O)c3cccc(F)c3)n2)cc1. The molecule has 25 heavy (non-hydrogen) atoms. The average molecular weight is 341 g/mol. The van der Waals surface area contributed by atoms with Crippen molar-refractivity contribution in [3.05, 3.63) is 65.8 Å². The molecule has 0 aliphatic heterocycles. The second-order valence-electron chi connectivity index (χ2n) is 5.39. The normalized spacial score (nSPS) is 11.8. The highest BCUT2D eigenvalue weighted by Gasteiger charge is 2.18. The molecule has 0 saturated carbocycles. The third-order valence-electron chi connectivity index (χ3n) is 3.59. The third-order valence-corrected chi connectivity index (χ3v) is 3.59. The van der Waals surface area contributed by atoms with E-state index in [2.05, 4.69) is 15.5 Å². The van der Waals surface area contributed by atoms with Gasteiger partial charge in [-0.3, -0.25) is 4.79 Å². The fourth-order valence-electron chi connectivity index (χ4n) is 2.24. The van der Waals surface area contributed by atoms with Crippen molar-refractivity contribution in [2.75, 3.05) is 7.11 Å². The Morgan fingerprint density at radius 3 is 2.68 bits per heavy atom. The first-order valence-corrected chi connectivity index (χ1v) is 7.61. The first kappa shape index (κ1) is 16.6. The number of benzene rings is 2. The number of ether oxygens (including phenoxy) is 1. The molecule has 128 valence electrons. The summed E-state index contributed by atoms with van der Waals surface area (Å²) in [7, 11) is 1.59. The number of halogens is 1. The van der Waals surface area contributed by atoms with Crippen LogP contribution in [0.5, 0.6) is 5.75 Å². The Labute approximate surface area is 143 Å². The molecule has 6 nitrogen and oxygen atoms in total. The molecule has 3 rings (SSSR count). The van der Waals surface area contributed by atoms with Crippen LogP contribution in [-0.2, 0) is 0 Å². The van der Waals surface area contributed by atoms with Crippen molar-refractivity contribution in [2.24, 2.45) is 0 Å². The van der Waals surface area contributed by atoms with Crippen LogP contribution < -0.4 is 10.1 Å². The Balaban J connectivity index is 1.71. The molecule has 7 heteroatoms. The van der Waals surface area contributed by atoms with Crippen LogP contribution in [0.15, 0.2) is 53.1 Å². The molecule has 0 aliphatic carbocycles. The van der Waals surface area contributed by atoms with E-state index in [1.54, 1.807) is 26.2 Å². The zero-order valence-corrected chi connectivity index (χ0v) is 13.7. The number of hydrogen-bond acceptors (Lipinski definition) is 5. The standard InChI is InChI=1S/C18H16FN3O3/c1-11(20-17(23)13-4-3-5-14(19)10-13)18-21-16(22-25-18)12-6-8-15(24-2)9-7-12/h3-11H,1-2H3,(H,20,23). The van der Waals surface area contributed by atoms with Crippen molar-refractivity contribution >= 4 is 5.91 Å². The minimum absolute atomic E-state index is 0.224. The predicted octanol–water partition coefficient (Wildman–Crippen LogP) is 3.38. The number of hydrogen-bond donors (Lipinski definition) is 1. The maximum absolute atomic E-state index is 13.2. The molecule has 1 amide bonds. The topological polar surface area (TPSA) is 77.3 Å². The smallest absolute Gasteiger partial charge is 0.252 e. The maximum Gasteiger partial charge on any atom is 0.252 e. The number of nitrogens with zero attached hydrogens (tertiary/aromatic N) is 2. The molecular weight excluding hydrogens is 325 g/mol. The van der Waals surface area contributed by atoms with Crippen molar-refractivity contribution in [2.45, 2.75) is 13.0 Å². The van der Waals surface area contributed by atoms with Crippen LogP contribution >= 0.6 is 0 Å². The number of nitrogens with one attached hydrogen (secondary N) is 1. The minimum atomic E-state index is -0.518. The molecule has 3 aromatic rings. The van der Waals surface area contributed by atoms with Crippen LogP contribution in [0, 0.1) is 5.82 Å². The molecular formula is C18H16FN3O3. The number of methoxy groups -OCH3 is 1. The summed E-state index contributed by atoms with van der Waals surface area (Å²) in [6.07, 6.45) is 0. The van der Waals surface area contributed by atoms with Gasteiger partial charge >= 0.3 is 0 Å². The summed E-state index contributed by atoms with van der Waals surface area (Å²) < 4.78 is 23.5. The fraction of sp³-hybridized carbons (Fsp3) is 0.167. The number of amides is 1. The molecule has 0 fully saturated rings. The van der Waals surface area contributed by atoms with Gasteiger partial charge in [-0.25, -0.2) is 4.39 Å². The van der Waals surface area contributed by atoms with Crippen molar-refractivity contribution in [3.63, 3.8) is 0 Å². The van der Waals surface area contributed by atoms with Gasteiger partial charge in [0.25, 0.3) is 5.91 Å². The van der Waals surface area contributed by atoms with Gasteiger partial charge in [0.2, 0.25) is 11.7 Å². The van der Waals surface area contributed by atoms with E-state index in [9.17, 15) is 9.18 Å². The number of carbonyl (C=O) groups excluding carboxylic acids is 1. The van der Waals surface area contributed by atoms with E-state index < -0.39 is 17.8 Å². The summed E-state index contributed by atoms with van der Waals surface area (Å²) in [5.74, 6) is 0.499. The van der Waals surface area contributed by atoms with E-state index in [0.29, 0.717) is 5.82 Å². The van der Waals surface area contributed by atoms with Crippen LogP contribution in [-0.4, -0.2) is 23.2 Å². The highest BCUT2D eigenvalue weighted by molar-refractivity contribution is 5.94. The van der Waals surface area contributed by atoms with Crippen molar-refractivity contribution in [1.29, 1.82) is 0 Å². The van der Waals surface area contributed by atoms with Crippen LogP contribution in [0.3, 0.4) is 0 Å². The van der Waals surface area contributed by atoms with Crippen molar-refractivity contribution < 1.29 is 18.4 Å². The van der Waals surface area contributed by atoms with E-state index in [1.807, 2.05) is 12.1 Å². The van der Waals surface area contributed by atoms with Crippen LogP contribution in [0.2, 0.25) is 0 Å². The zero-order valence-electron chi connectivity index (χ0n) is 13.7. The molecule has 1 unspecified atom stereocenters. The van der Waals surface area contributed by atoms with Crippen LogP contribution in [0.4, 0.5) is 4.39 Å².